The van der Waals surface area contributed by atoms with Crippen LogP contribution in [0.15, 0.2) is 30.3 Å². The predicted octanol–water partition coefficient (Wildman–Crippen LogP) is 2.11. The van der Waals surface area contributed by atoms with Crippen LogP contribution >= 0.6 is 0 Å². The van der Waals surface area contributed by atoms with Crippen LogP contribution in [0.2, 0.25) is 0 Å². The molecule has 2 heterocycles. The fourth-order valence-corrected chi connectivity index (χ4v) is 3.03. The Labute approximate surface area is 108 Å². The number of piperidine rings is 1. The molecule has 98 valence electrons. The first-order valence-corrected chi connectivity index (χ1v) is 6.89. The molecule has 1 aromatic carbocycles. The molecular formula is C15H21NO2. The molecule has 3 heteroatoms. The van der Waals surface area contributed by atoms with Gasteiger partial charge in [-0.05, 0) is 31.4 Å². The molecule has 3 rings (SSSR count). The van der Waals surface area contributed by atoms with Gasteiger partial charge in [-0.15, -0.1) is 0 Å². The van der Waals surface area contributed by atoms with Crippen molar-refractivity contribution in [2.75, 3.05) is 19.7 Å². The van der Waals surface area contributed by atoms with E-state index in [1.807, 2.05) is 6.07 Å². The third-order valence-corrected chi connectivity index (χ3v) is 4.07. The van der Waals surface area contributed by atoms with Crippen LogP contribution in [0.4, 0.5) is 0 Å². The van der Waals surface area contributed by atoms with Crippen LogP contribution in [-0.2, 0) is 16.1 Å². The Kier molecular flexibility index (Phi) is 3.64. The highest BCUT2D eigenvalue weighted by Crippen LogP contribution is 2.35. The highest BCUT2D eigenvalue weighted by Gasteiger charge is 2.45. The van der Waals surface area contributed by atoms with Crippen molar-refractivity contribution in [3.63, 3.8) is 0 Å². The molecule has 0 amide bonds. The first kappa shape index (κ1) is 12.2. The summed E-state index contributed by atoms with van der Waals surface area (Å²) in [5, 5.41) is 3.42. The van der Waals surface area contributed by atoms with Crippen molar-refractivity contribution in [3.05, 3.63) is 35.9 Å². The van der Waals surface area contributed by atoms with E-state index in [9.17, 15) is 0 Å². The summed E-state index contributed by atoms with van der Waals surface area (Å²) >= 11 is 0. The molecular weight excluding hydrogens is 226 g/mol. The van der Waals surface area contributed by atoms with Crippen molar-refractivity contribution in [2.24, 2.45) is 0 Å². The number of nitrogens with one attached hydrogen (secondary N) is 1. The number of rotatable bonds is 3. The Morgan fingerprint density at radius 1 is 1.28 bits per heavy atom. The molecule has 1 N–H and O–H groups in total. The second-order valence-corrected chi connectivity index (χ2v) is 5.26. The first-order chi connectivity index (χ1) is 8.89. The maximum absolute atomic E-state index is 6.12. The molecule has 2 fully saturated rings. The Hall–Kier alpha value is -0.900. The van der Waals surface area contributed by atoms with Crippen molar-refractivity contribution >= 4 is 0 Å². The smallest absolute Gasteiger partial charge is 0.0993 e. The molecule has 0 aliphatic carbocycles. The van der Waals surface area contributed by atoms with E-state index in [2.05, 4.69) is 29.6 Å². The molecule has 2 unspecified atom stereocenters. The lowest BCUT2D eigenvalue weighted by atomic mass is 9.86. The summed E-state index contributed by atoms with van der Waals surface area (Å²) < 4.78 is 12.1. The maximum Gasteiger partial charge on any atom is 0.0993 e. The fourth-order valence-electron chi connectivity index (χ4n) is 3.03. The van der Waals surface area contributed by atoms with Crippen molar-refractivity contribution in [1.29, 1.82) is 0 Å². The highest BCUT2D eigenvalue weighted by atomic mass is 16.6. The molecule has 2 aliphatic rings. The molecule has 1 aromatic rings. The summed E-state index contributed by atoms with van der Waals surface area (Å²) in [4.78, 5) is 0. The number of hydrogen-bond acceptors (Lipinski definition) is 3. The van der Waals surface area contributed by atoms with Crippen LogP contribution in [0.25, 0.3) is 0 Å². The summed E-state index contributed by atoms with van der Waals surface area (Å²) in [6.07, 6.45) is 3.58. The number of benzene rings is 1. The minimum absolute atomic E-state index is 0.0139. The second kappa shape index (κ2) is 5.39. The van der Waals surface area contributed by atoms with Crippen LogP contribution in [0.3, 0.4) is 0 Å². The van der Waals surface area contributed by atoms with E-state index in [-0.39, 0.29) is 11.7 Å². The molecule has 0 radical (unpaired) electrons. The third-order valence-electron chi connectivity index (χ3n) is 4.07. The van der Waals surface area contributed by atoms with Gasteiger partial charge >= 0.3 is 0 Å². The van der Waals surface area contributed by atoms with E-state index in [4.69, 9.17) is 9.47 Å². The lowest BCUT2D eigenvalue weighted by molar-refractivity contribution is -0.137. The molecule has 18 heavy (non-hydrogen) atoms. The zero-order valence-electron chi connectivity index (χ0n) is 10.7. The summed E-state index contributed by atoms with van der Waals surface area (Å²) in [7, 11) is 0. The van der Waals surface area contributed by atoms with Gasteiger partial charge in [-0.1, -0.05) is 30.3 Å². The van der Waals surface area contributed by atoms with Crippen LogP contribution in [0.5, 0.6) is 0 Å². The molecule has 2 atom stereocenters. The van der Waals surface area contributed by atoms with Crippen LogP contribution in [0.1, 0.15) is 24.8 Å². The van der Waals surface area contributed by atoms with E-state index in [0.29, 0.717) is 6.61 Å². The van der Waals surface area contributed by atoms with Gasteiger partial charge in [-0.2, -0.15) is 0 Å². The van der Waals surface area contributed by atoms with Gasteiger partial charge in [0.1, 0.15) is 0 Å². The van der Waals surface area contributed by atoms with Crippen LogP contribution in [0, 0.1) is 0 Å². The van der Waals surface area contributed by atoms with E-state index >= 15 is 0 Å². The van der Waals surface area contributed by atoms with E-state index in [1.54, 1.807) is 0 Å². The molecule has 2 saturated heterocycles. The average molecular weight is 247 g/mol. The monoisotopic (exact) mass is 247 g/mol. The lowest BCUT2D eigenvalue weighted by Crippen LogP contribution is -2.54. The molecule has 0 aromatic heterocycles. The standard InChI is InChI=1S/C15H21NO2/c1-2-5-13(6-3-1)12-17-14-11-16-9-8-15(14)7-4-10-18-15/h1-3,5-6,14,16H,4,7-12H2. The zero-order chi connectivity index (χ0) is 12.3. The molecule has 1 spiro atoms. The van der Waals surface area contributed by atoms with Gasteiger partial charge in [0, 0.05) is 13.2 Å². The number of ether oxygens (including phenoxy) is 2. The summed E-state index contributed by atoms with van der Waals surface area (Å²) in [5.74, 6) is 0. The lowest BCUT2D eigenvalue weighted by Gasteiger charge is -2.40. The molecule has 0 bridgehead atoms. The summed E-state index contributed by atoms with van der Waals surface area (Å²) in [6.45, 7) is 3.53. The SMILES string of the molecule is c1ccc(COC2CNCCC23CCCO3)cc1. The van der Waals surface area contributed by atoms with E-state index in [0.717, 1.165) is 32.5 Å². The van der Waals surface area contributed by atoms with E-state index in [1.165, 1.54) is 12.0 Å². The van der Waals surface area contributed by atoms with Gasteiger partial charge in [0.25, 0.3) is 0 Å². The van der Waals surface area contributed by atoms with Gasteiger partial charge < -0.3 is 14.8 Å². The Morgan fingerprint density at radius 3 is 2.94 bits per heavy atom. The minimum Gasteiger partial charge on any atom is -0.372 e. The summed E-state index contributed by atoms with van der Waals surface area (Å²) in [6, 6.07) is 10.4. The van der Waals surface area contributed by atoms with Crippen molar-refractivity contribution in [2.45, 2.75) is 37.6 Å². The van der Waals surface area contributed by atoms with Gasteiger partial charge in [-0.3, -0.25) is 0 Å². The van der Waals surface area contributed by atoms with Crippen molar-refractivity contribution in [1.82, 2.24) is 5.32 Å². The predicted molar refractivity (Wildman–Crippen MR) is 70.4 cm³/mol. The average Bonchev–Trinajstić information content (AvgIpc) is 2.88. The van der Waals surface area contributed by atoms with Gasteiger partial charge in [0.15, 0.2) is 0 Å². The second-order valence-electron chi connectivity index (χ2n) is 5.26. The van der Waals surface area contributed by atoms with Crippen molar-refractivity contribution < 1.29 is 9.47 Å². The Bertz CT molecular complexity index is 373. The number of hydrogen-bond donors (Lipinski definition) is 1. The third kappa shape index (κ3) is 2.44. The fraction of sp³-hybridized carbons (Fsp3) is 0.600. The minimum atomic E-state index is -0.0139. The highest BCUT2D eigenvalue weighted by molar-refractivity contribution is 5.13. The summed E-state index contributed by atoms with van der Waals surface area (Å²) in [5.41, 5.74) is 1.22. The molecule has 0 saturated carbocycles. The van der Waals surface area contributed by atoms with Gasteiger partial charge in [0.2, 0.25) is 0 Å². The normalized spacial score (nSPS) is 31.9. The first-order valence-electron chi connectivity index (χ1n) is 6.89. The quantitative estimate of drug-likeness (QED) is 0.887. The van der Waals surface area contributed by atoms with E-state index < -0.39 is 0 Å². The molecule has 3 nitrogen and oxygen atoms in total. The van der Waals surface area contributed by atoms with Gasteiger partial charge in [0.05, 0.1) is 18.3 Å². The van der Waals surface area contributed by atoms with Crippen molar-refractivity contribution in [3.8, 4) is 0 Å². The van der Waals surface area contributed by atoms with Crippen LogP contribution in [-0.4, -0.2) is 31.4 Å². The largest absolute Gasteiger partial charge is 0.372 e. The topological polar surface area (TPSA) is 30.5 Å². The van der Waals surface area contributed by atoms with Gasteiger partial charge in [-0.25, -0.2) is 0 Å². The maximum atomic E-state index is 6.12. The van der Waals surface area contributed by atoms with Crippen LogP contribution < -0.4 is 5.32 Å². The Morgan fingerprint density at radius 2 is 2.17 bits per heavy atom. The Balaban J connectivity index is 1.63. The zero-order valence-corrected chi connectivity index (χ0v) is 10.7. The molecule has 2 aliphatic heterocycles.